The van der Waals surface area contributed by atoms with E-state index in [9.17, 15) is 9.90 Å². The Kier molecular flexibility index (Phi) is 4.34. The van der Waals surface area contributed by atoms with Gasteiger partial charge in [-0.05, 0) is 25.3 Å². The summed E-state index contributed by atoms with van der Waals surface area (Å²) in [5.74, 6) is -0.0144. The molecule has 2 aromatic rings. The lowest BCUT2D eigenvalue weighted by atomic mass is 10.0. The first-order valence-electron chi connectivity index (χ1n) is 6.77. The quantitative estimate of drug-likeness (QED) is 0.859. The van der Waals surface area contributed by atoms with Gasteiger partial charge in [0.25, 0.3) is 5.91 Å². The topological polar surface area (TPSA) is 79.5 Å². The smallest absolute Gasteiger partial charge is 0.257 e. The van der Waals surface area contributed by atoms with Gasteiger partial charge in [-0.3, -0.25) is 4.79 Å². The number of aromatic nitrogens is 3. The number of fused-ring (bicyclic) bond motifs is 1. The van der Waals surface area contributed by atoms with Gasteiger partial charge in [0.05, 0.1) is 11.8 Å². The number of amides is 1. The minimum Gasteiger partial charge on any atom is -0.393 e. The molecule has 1 amide bonds. The van der Waals surface area contributed by atoms with Crippen LogP contribution in [0.5, 0.6) is 0 Å². The molecule has 0 radical (unpaired) electrons. The van der Waals surface area contributed by atoms with E-state index in [4.69, 9.17) is 0 Å². The molecular formula is C14H20N4O2. The highest BCUT2D eigenvalue weighted by atomic mass is 16.3. The third-order valence-corrected chi connectivity index (χ3v) is 3.29. The van der Waals surface area contributed by atoms with E-state index in [-0.39, 0.29) is 11.8 Å². The number of aliphatic hydroxyl groups excluding tert-OH is 1. The van der Waals surface area contributed by atoms with E-state index in [0.717, 1.165) is 0 Å². The van der Waals surface area contributed by atoms with Crippen LogP contribution in [0.4, 0.5) is 0 Å². The lowest BCUT2D eigenvalue weighted by molar-refractivity contribution is 0.0921. The number of hydrogen-bond acceptors (Lipinski definition) is 4. The summed E-state index contributed by atoms with van der Waals surface area (Å²) in [6.07, 6.45) is 3.53. The molecule has 0 saturated carbocycles. The molecule has 0 saturated heterocycles. The first kappa shape index (κ1) is 14.5. The van der Waals surface area contributed by atoms with Crippen molar-refractivity contribution in [3.05, 3.63) is 29.7 Å². The Labute approximate surface area is 117 Å². The summed E-state index contributed by atoms with van der Waals surface area (Å²) in [5.41, 5.74) is 1.68. The summed E-state index contributed by atoms with van der Waals surface area (Å²) in [6, 6.07) is 1.76. The highest BCUT2D eigenvalue weighted by Crippen LogP contribution is 2.12. The summed E-state index contributed by atoms with van der Waals surface area (Å²) in [5, 5.41) is 16.8. The van der Waals surface area contributed by atoms with Crippen LogP contribution in [-0.2, 0) is 0 Å². The second-order valence-electron chi connectivity index (χ2n) is 5.20. The maximum atomic E-state index is 12.2. The van der Waals surface area contributed by atoms with E-state index in [1.54, 1.807) is 29.9 Å². The van der Waals surface area contributed by atoms with Gasteiger partial charge < -0.3 is 10.4 Å². The second kappa shape index (κ2) is 6.00. The van der Waals surface area contributed by atoms with Crippen molar-refractivity contribution in [1.29, 1.82) is 0 Å². The maximum Gasteiger partial charge on any atom is 0.257 e. The van der Waals surface area contributed by atoms with Crippen LogP contribution in [0.15, 0.2) is 18.5 Å². The minimum absolute atomic E-state index is 0.187. The molecule has 2 rings (SSSR count). The molecule has 0 fully saturated rings. The number of carbonyl (C=O) groups excluding carboxylic acids is 1. The molecular weight excluding hydrogens is 256 g/mol. The van der Waals surface area contributed by atoms with Crippen LogP contribution in [0.2, 0.25) is 0 Å². The molecule has 0 aliphatic carbocycles. The molecule has 2 heterocycles. The van der Waals surface area contributed by atoms with Gasteiger partial charge in [-0.15, -0.1) is 0 Å². The number of nitrogens with one attached hydrogen (secondary N) is 1. The van der Waals surface area contributed by atoms with Gasteiger partial charge >= 0.3 is 0 Å². The Morgan fingerprint density at radius 3 is 2.95 bits per heavy atom. The molecule has 2 aromatic heterocycles. The van der Waals surface area contributed by atoms with E-state index in [1.807, 2.05) is 13.8 Å². The number of aryl methyl sites for hydroxylation is 1. The molecule has 0 aliphatic rings. The monoisotopic (exact) mass is 276 g/mol. The predicted octanol–water partition coefficient (Wildman–Crippen LogP) is 1.17. The van der Waals surface area contributed by atoms with Crippen LogP contribution in [0.3, 0.4) is 0 Å². The highest BCUT2D eigenvalue weighted by Gasteiger charge is 2.18. The first-order valence-corrected chi connectivity index (χ1v) is 6.77. The van der Waals surface area contributed by atoms with Crippen LogP contribution >= 0.6 is 0 Å². The fourth-order valence-electron chi connectivity index (χ4n) is 2.02. The number of rotatable bonds is 5. The Hall–Kier alpha value is -1.95. The lowest BCUT2D eigenvalue weighted by Gasteiger charge is -2.14. The van der Waals surface area contributed by atoms with Crippen molar-refractivity contribution in [3.63, 3.8) is 0 Å². The fraction of sp³-hybridized carbons (Fsp3) is 0.500. The summed E-state index contributed by atoms with van der Waals surface area (Å²) in [7, 11) is 0. The molecule has 1 atom stereocenters. The van der Waals surface area contributed by atoms with Crippen molar-refractivity contribution >= 4 is 11.6 Å². The maximum absolute atomic E-state index is 12.2. The molecule has 1 unspecified atom stereocenters. The number of hydrogen-bond donors (Lipinski definition) is 2. The van der Waals surface area contributed by atoms with Crippen LogP contribution in [0.1, 0.15) is 36.3 Å². The third kappa shape index (κ3) is 2.96. The van der Waals surface area contributed by atoms with E-state index in [0.29, 0.717) is 29.9 Å². The average Bonchev–Trinajstić information content (AvgIpc) is 2.74. The average molecular weight is 276 g/mol. The molecule has 6 heteroatoms. The fourth-order valence-corrected chi connectivity index (χ4v) is 2.02. The van der Waals surface area contributed by atoms with Crippen molar-refractivity contribution in [2.75, 3.05) is 6.54 Å². The standard InChI is InChI=1S/C14H20N4O2/c1-9(2)11(19)5-7-16-14(20)12-10(3)17-18-8-4-6-15-13(12)18/h4,6,8-9,11,19H,5,7H2,1-3H3,(H,16,20). The van der Waals surface area contributed by atoms with Crippen molar-refractivity contribution in [2.24, 2.45) is 5.92 Å². The minimum atomic E-state index is -0.404. The molecule has 2 N–H and O–H groups in total. The summed E-state index contributed by atoms with van der Waals surface area (Å²) >= 11 is 0. The van der Waals surface area contributed by atoms with Gasteiger partial charge in [-0.25, -0.2) is 9.50 Å². The summed E-state index contributed by atoms with van der Waals surface area (Å²) in [4.78, 5) is 16.4. The Bertz CT molecular complexity index is 606. The van der Waals surface area contributed by atoms with Gasteiger partial charge in [0.15, 0.2) is 5.65 Å². The van der Waals surface area contributed by atoms with Crippen molar-refractivity contribution in [1.82, 2.24) is 19.9 Å². The number of nitrogens with zero attached hydrogens (tertiary/aromatic N) is 3. The zero-order valence-corrected chi connectivity index (χ0v) is 12.0. The molecule has 0 aliphatic heterocycles. The van der Waals surface area contributed by atoms with Crippen molar-refractivity contribution in [2.45, 2.75) is 33.3 Å². The van der Waals surface area contributed by atoms with Gasteiger partial charge in [0, 0.05) is 18.9 Å². The molecule has 0 bridgehead atoms. The second-order valence-corrected chi connectivity index (χ2v) is 5.20. The molecule has 108 valence electrons. The lowest BCUT2D eigenvalue weighted by Crippen LogP contribution is -2.29. The van der Waals surface area contributed by atoms with Crippen LogP contribution in [-0.4, -0.2) is 38.3 Å². The summed E-state index contributed by atoms with van der Waals surface area (Å²) < 4.78 is 1.59. The zero-order valence-electron chi connectivity index (χ0n) is 12.0. The highest BCUT2D eigenvalue weighted by molar-refractivity contribution is 6.00. The largest absolute Gasteiger partial charge is 0.393 e. The Morgan fingerprint density at radius 2 is 2.25 bits per heavy atom. The summed E-state index contributed by atoms with van der Waals surface area (Å²) in [6.45, 7) is 6.12. The zero-order chi connectivity index (χ0) is 14.7. The molecule has 6 nitrogen and oxygen atoms in total. The third-order valence-electron chi connectivity index (χ3n) is 3.29. The normalized spacial score (nSPS) is 12.8. The van der Waals surface area contributed by atoms with Crippen LogP contribution in [0, 0.1) is 12.8 Å². The van der Waals surface area contributed by atoms with Crippen LogP contribution in [0.25, 0.3) is 5.65 Å². The molecule has 0 aromatic carbocycles. The van der Waals surface area contributed by atoms with Gasteiger partial charge in [0.2, 0.25) is 0 Å². The Balaban J connectivity index is 2.06. The van der Waals surface area contributed by atoms with E-state index >= 15 is 0 Å². The Morgan fingerprint density at radius 1 is 1.50 bits per heavy atom. The van der Waals surface area contributed by atoms with E-state index in [2.05, 4.69) is 15.4 Å². The molecule has 0 spiro atoms. The molecule has 20 heavy (non-hydrogen) atoms. The van der Waals surface area contributed by atoms with Crippen molar-refractivity contribution < 1.29 is 9.90 Å². The number of aliphatic hydroxyl groups is 1. The van der Waals surface area contributed by atoms with Crippen molar-refractivity contribution in [3.8, 4) is 0 Å². The van der Waals surface area contributed by atoms with Gasteiger partial charge in [-0.1, -0.05) is 13.8 Å². The SMILES string of the molecule is Cc1nn2cccnc2c1C(=O)NCCC(O)C(C)C. The van der Waals surface area contributed by atoms with Gasteiger partial charge in [0.1, 0.15) is 5.56 Å². The van der Waals surface area contributed by atoms with E-state index in [1.165, 1.54) is 0 Å². The van der Waals surface area contributed by atoms with E-state index < -0.39 is 6.10 Å². The number of carbonyl (C=O) groups is 1. The first-order chi connectivity index (χ1) is 9.50. The van der Waals surface area contributed by atoms with Crippen LogP contribution < -0.4 is 5.32 Å². The predicted molar refractivity (Wildman–Crippen MR) is 75.5 cm³/mol. The van der Waals surface area contributed by atoms with Gasteiger partial charge in [-0.2, -0.15) is 5.10 Å².